The molecule has 0 amide bonds. The van der Waals surface area contributed by atoms with Crippen LogP contribution in [0.4, 0.5) is 0 Å². The summed E-state index contributed by atoms with van der Waals surface area (Å²) in [4.78, 5) is 0. The van der Waals surface area contributed by atoms with Crippen LogP contribution >= 0.6 is 0 Å². The molecule has 0 radical (unpaired) electrons. The molecular weight excluding hydrogens is 184 g/mol. The van der Waals surface area contributed by atoms with E-state index in [1.54, 1.807) is 0 Å². The topological polar surface area (TPSA) is 20.2 Å². The molecule has 0 aliphatic rings. The van der Waals surface area contributed by atoms with Gasteiger partial charge in [0.25, 0.3) is 0 Å². The maximum Gasteiger partial charge on any atom is 0.0583 e. The zero-order valence-corrected chi connectivity index (χ0v) is 9.82. The van der Waals surface area contributed by atoms with Crippen LogP contribution < -0.4 is 0 Å². The number of benzene rings is 1. The maximum atomic E-state index is 9.94. The molecule has 0 saturated heterocycles. The molecule has 0 aromatic heterocycles. The van der Waals surface area contributed by atoms with Crippen LogP contribution in [0.15, 0.2) is 30.3 Å². The van der Waals surface area contributed by atoms with Gasteiger partial charge in [-0.1, -0.05) is 57.0 Å². The Labute approximate surface area is 93.1 Å². The third-order valence-electron chi connectivity index (χ3n) is 3.07. The van der Waals surface area contributed by atoms with Gasteiger partial charge in [0.15, 0.2) is 0 Å². The van der Waals surface area contributed by atoms with Crippen molar-refractivity contribution in [2.45, 2.75) is 45.6 Å². The predicted octanol–water partition coefficient (Wildman–Crippen LogP) is 3.42. The third-order valence-corrected chi connectivity index (χ3v) is 3.07. The summed E-state index contributed by atoms with van der Waals surface area (Å²) in [5.74, 6) is 0.670. The molecule has 0 aliphatic carbocycles. The lowest BCUT2D eigenvalue weighted by atomic mass is 9.93. The molecule has 1 heteroatoms. The summed E-state index contributed by atoms with van der Waals surface area (Å²) in [6.45, 7) is 4.40. The number of aliphatic hydroxyl groups excluding tert-OH is 1. The van der Waals surface area contributed by atoms with Gasteiger partial charge >= 0.3 is 0 Å². The molecule has 0 aliphatic heterocycles. The second-order valence-electron chi connectivity index (χ2n) is 4.26. The summed E-state index contributed by atoms with van der Waals surface area (Å²) >= 11 is 0. The Balaban J connectivity index is 2.39. The Morgan fingerprint density at radius 2 is 1.67 bits per heavy atom. The molecule has 1 N–H and O–H groups in total. The van der Waals surface area contributed by atoms with E-state index in [0.717, 1.165) is 12.8 Å². The highest BCUT2D eigenvalue weighted by molar-refractivity contribution is 5.15. The van der Waals surface area contributed by atoms with Crippen LogP contribution in [-0.4, -0.2) is 11.2 Å². The van der Waals surface area contributed by atoms with Gasteiger partial charge in [-0.05, 0) is 24.3 Å². The van der Waals surface area contributed by atoms with Crippen molar-refractivity contribution >= 4 is 0 Å². The Kier molecular flexibility index (Phi) is 5.41. The van der Waals surface area contributed by atoms with Crippen molar-refractivity contribution in [1.82, 2.24) is 0 Å². The lowest BCUT2D eigenvalue weighted by Gasteiger charge is -2.17. The smallest absolute Gasteiger partial charge is 0.0583 e. The number of hydrogen-bond donors (Lipinski definition) is 1. The van der Waals surface area contributed by atoms with Gasteiger partial charge in [0.1, 0.15) is 0 Å². The van der Waals surface area contributed by atoms with Crippen molar-refractivity contribution in [2.24, 2.45) is 5.92 Å². The third kappa shape index (κ3) is 4.48. The van der Waals surface area contributed by atoms with Crippen molar-refractivity contribution in [3.05, 3.63) is 35.9 Å². The van der Waals surface area contributed by atoms with E-state index in [1.165, 1.54) is 18.4 Å². The van der Waals surface area contributed by atoms with Crippen LogP contribution in [0.5, 0.6) is 0 Å². The van der Waals surface area contributed by atoms with Crippen molar-refractivity contribution in [3.8, 4) is 0 Å². The maximum absolute atomic E-state index is 9.94. The van der Waals surface area contributed by atoms with E-state index in [1.807, 2.05) is 18.2 Å². The van der Waals surface area contributed by atoms with Crippen LogP contribution in [0, 0.1) is 5.92 Å². The van der Waals surface area contributed by atoms with Crippen molar-refractivity contribution in [1.29, 1.82) is 0 Å². The fourth-order valence-corrected chi connectivity index (χ4v) is 1.98. The van der Waals surface area contributed by atoms with Crippen LogP contribution in [0.2, 0.25) is 0 Å². The molecule has 1 unspecified atom stereocenters. The largest absolute Gasteiger partial charge is 0.393 e. The van der Waals surface area contributed by atoms with Crippen molar-refractivity contribution < 1.29 is 5.11 Å². The average molecular weight is 206 g/mol. The lowest BCUT2D eigenvalue weighted by molar-refractivity contribution is 0.139. The zero-order valence-electron chi connectivity index (χ0n) is 9.82. The zero-order chi connectivity index (χ0) is 11.1. The fraction of sp³-hybridized carbons (Fsp3) is 0.571. The van der Waals surface area contributed by atoms with E-state index < -0.39 is 0 Å². The first-order chi connectivity index (χ1) is 7.26. The molecule has 1 aromatic rings. The van der Waals surface area contributed by atoms with Gasteiger partial charge in [-0.2, -0.15) is 0 Å². The molecule has 0 saturated carbocycles. The van der Waals surface area contributed by atoms with Crippen molar-refractivity contribution in [2.75, 3.05) is 0 Å². The van der Waals surface area contributed by atoms with Gasteiger partial charge in [-0.3, -0.25) is 0 Å². The van der Waals surface area contributed by atoms with Crippen molar-refractivity contribution in [3.63, 3.8) is 0 Å². The van der Waals surface area contributed by atoms with Gasteiger partial charge in [0.05, 0.1) is 6.10 Å². The molecule has 0 fully saturated rings. The Hall–Kier alpha value is -0.820. The molecule has 0 spiro atoms. The first-order valence-electron chi connectivity index (χ1n) is 5.98. The minimum absolute atomic E-state index is 0.183. The van der Waals surface area contributed by atoms with Gasteiger partial charge in [0, 0.05) is 0 Å². The fourth-order valence-electron chi connectivity index (χ4n) is 1.98. The van der Waals surface area contributed by atoms with Crippen LogP contribution in [0.25, 0.3) is 0 Å². The van der Waals surface area contributed by atoms with E-state index >= 15 is 0 Å². The highest BCUT2D eigenvalue weighted by atomic mass is 16.3. The Bertz CT molecular complexity index is 251. The molecular formula is C14H22O. The summed E-state index contributed by atoms with van der Waals surface area (Å²) in [5, 5.41) is 9.94. The van der Waals surface area contributed by atoms with E-state index in [2.05, 4.69) is 26.0 Å². The molecule has 1 rings (SSSR count). The standard InChI is InChI=1S/C14H22O/c1-3-12(4-2)10-14(15)11-13-8-6-5-7-9-13/h5-9,12,14-15H,3-4,10-11H2,1-2H3. The second kappa shape index (κ2) is 6.62. The summed E-state index contributed by atoms with van der Waals surface area (Å²) in [6.07, 6.45) is 3.88. The van der Waals surface area contributed by atoms with E-state index in [9.17, 15) is 5.11 Å². The number of aliphatic hydroxyl groups is 1. The summed E-state index contributed by atoms with van der Waals surface area (Å²) < 4.78 is 0. The van der Waals surface area contributed by atoms with Gasteiger partial charge in [0.2, 0.25) is 0 Å². The molecule has 1 atom stereocenters. The lowest BCUT2D eigenvalue weighted by Crippen LogP contribution is -2.15. The number of rotatable bonds is 6. The predicted molar refractivity (Wildman–Crippen MR) is 64.8 cm³/mol. The highest BCUT2D eigenvalue weighted by Gasteiger charge is 2.11. The molecule has 0 bridgehead atoms. The van der Waals surface area contributed by atoms with Crippen LogP contribution in [0.3, 0.4) is 0 Å². The summed E-state index contributed by atoms with van der Waals surface area (Å²) in [7, 11) is 0. The van der Waals surface area contributed by atoms with E-state index in [4.69, 9.17) is 0 Å². The van der Waals surface area contributed by atoms with E-state index in [-0.39, 0.29) is 6.10 Å². The highest BCUT2D eigenvalue weighted by Crippen LogP contribution is 2.17. The molecule has 0 heterocycles. The summed E-state index contributed by atoms with van der Waals surface area (Å²) in [6, 6.07) is 10.2. The number of hydrogen-bond acceptors (Lipinski definition) is 1. The summed E-state index contributed by atoms with van der Waals surface area (Å²) in [5.41, 5.74) is 1.23. The monoisotopic (exact) mass is 206 g/mol. The normalized spacial score (nSPS) is 13.1. The van der Waals surface area contributed by atoms with Crippen LogP contribution in [0.1, 0.15) is 38.7 Å². The first-order valence-corrected chi connectivity index (χ1v) is 5.98. The minimum atomic E-state index is -0.183. The molecule has 15 heavy (non-hydrogen) atoms. The first kappa shape index (κ1) is 12.3. The SMILES string of the molecule is CCC(CC)CC(O)Cc1ccccc1. The van der Waals surface area contributed by atoms with Gasteiger partial charge in [-0.25, -0.2) is 0 Å². The average Bonchev–Trinajstić information content (AvgIpc) is 2.27. The van der Waals surface area contributed by atoms with E-state index in [0.29, 0.717) is 5.92 Å². The van der Waals surface area contributed by atoms with Gasteiger partial charge < -0.3 is 5.11 Å². The van der Waals surface area contributed by atoms with Gasteiger partial charge in [-0.15, -0.1) is 0 Å². The molecule has 1 aromatic carbocycles. The molecule has 1 nitrogen and oxygen atoms in total. The molecule has 84 valence electrons. The minimum Gasteiger partial charge on any atom is -0.393 e. The quantitative estimate of drug-likeness (QED) is 0.756. The Morgan fingerprint density at radius 3 is 2.20 bits per heavy atom. The second-order valence-corrected chi connectivity index (χ2v) is 4.26. The van der Waals surface area contributed by atoms with Crippen LogP contribution in [-0.2, 0) is 6.42 Å². The Morgan fingerprint density at radius 1 is 1.07 bits per heavy atom.